The number of rotatable bonds is 4. The van der Waals surface area contributed by atoms with Crippen LogP contribution in [0.4, 0.5) is 0 Å². The molecule has 0 fully saturated rings. The van der Waals surface area contributed by atoms with E-state index >= 15 is 0 Å². The maximum absolute atomic E-state index is 11.9. The molecular weight excluding hydrogens is 224 g/mol. The molecule has 1 aliphatic heterocycles. The lowest BCUT2D eigenvalue weighted by atomic mass is 9.85. The van der Waals surface area contributed by atoms with Crippen LogP contribution in [0.3, 0.4) is 0 Å². The summed E-state index contributed by atoms with van der Waals surface area (Å²) in [6.45, 7) is 9.11. The maximum atomic E-state index is 11.9. The number of fused-ring (bicyclic) bond motifs is 1. The Morgan fingerprint density at radius 2 is 1.78 bits per heavy atom. The van der Waals surface area contributed by atoms with Gasteiger partial charge in [0.1, 0.15) is 6.61 Å². The molecule has 1 heterocycles. The first-order chi connectivity index (χ1) is 8.60. The molecule has 0 atom stereocenters. The van der Waals surface area contributed by atoms with E-state index in [0.29, 0.717) is 18.4 Å². The van der Waals surface area contributed by atoms with E-state index in [2.05, 4.69) is 39.8 Å². The largest absolute Gasteiger partial charge is 0.457 e. The van der Waals surface area contributed by atoms with Gasteiger partial charge in [0.2, 0.25) is 0 Å². The Balaban J connectivity index is 2.57. The summed E-state index contributed by atoms with van der Waals surface area (Å²) in [5.74, 6) is 0.760. The standard InChI is InChI=1S/C16H22O2/c1-5-11(6-2)13-8-7-12(10(3)4)15-14(13)9-18-16(15)17/h7-8,10-11H,5-6,9H2,1-4H3. The van der Waals surface area contributed by atoms with Crippen LogP contribution < -0.4 is 0 Å². The van der Waals surface area contributed by atoms with Gasteiger partial charge in [0, 0.05) is 5.56 Å². The maximum Gasteiger partial charge on any atom is 0.339 e. The topological polar surface area (TPSA) is 26.3 Å². The third-order valence-corrected chi connectivity index (χ3v) is 3.98. The van der Waals surface area contributed by atoms with Gasteiger partial charge in [0.25, 0.3) is 0 Å². The summed E-state index contributed by atoms with van der Waals surface area (Å²) in [4.78, 5) is 11.9. The first-order valence-electron chi connectivity index (χ1n) is 6.92. The van der Waals surface area contributed by atoms with Gasteiger partial charge < -0.3 is 4.74 Å². The molecule has 0 aromatic heterocycles. The fourth-order valence-corrected chi connectivity index (χ4v) is 2.88. The molecule has 0 spiro atoms. The summed E-state index contributed by atoms with van der Waals surface area (Å²) >= 11 is 0. The number of hydrogen-bond donors (Lipinski definition) is 0. The van der Waals surface area contributed by atoms with Crippen molar-refractivity contribution in [2.75, 3.05) is 0 Å². The minimum absolute atomic E-state index is 0.137. The Hall–Kier alpha value is -1.31. The fourth-order valence-electron chi connectivity index (χ4n) is 2.88. The van der Waals surface area contributed by atoms with Crippen LogP contribution in [-0.2, 0) is 11.3 Å². The zero-order valence-electron chi connectivity index (χ0n) is 11.7. The Morgan fingerprint density at radius 3 is 2.33 bits per heavy atom. The van der Waals surface area contributed by atoms with Gasteiger partial charge in [-0.3, -0.25) is 0 Å². The van der Waals surface area contributed by atoms with E-state index in [1.165, 1.54) is 5.56 Å². The van der Waals surface area contributed by atoms with Crippen LogP contribution >= 0.6 is 0 Å². The van der Waals surface area contributed by atoms with Crippen molar-refractivity contribution >= 4 is 5.97 Å². The van der Waals surface area contributed by atoms with Gasteiger partial charge in [-0.2, -0.15) is 0 Å². The van der Waals surface area contributed by atoms with Crippen molar-refractivity contribution in [2.24, 2.45) is 0 Å². The van der Waals surface area contributed by atoms with Crippen molar-refractivity contribution in [1.82, 2.24) is 0 Å². The van der Waals surface area contributed by atoms with Crippen LogP contribution in [0.2, 0.25) is 0 Å². The van der Waals surface area contributed by atoms with Crippen molar-refractivity contribution in [3.05, 3.63) is 34.4 Å². The third kappa shape index (κ3) is 2.05. The van der Waals surface area contributed by atoms with E-state index in [1.807, 2.05) is 0 Å². The molecule has 1 aliphatic rings. The minimum Gasteiger partial charge on any atom is -0.457 e. The monoisotopic (exact) mass is 246 g/mol. The fraction of sp³-hybridized carbons (Fsp3) is 0.562. The van der Waals surface area contributed by atoms with Gasteiger partial charge in [-0.1, -0.05) is 39.8 Å². The second-order valence-corrected chi connectivity index (χ2v) is 5.34. The van der Waals surface area contributed by atoms with Crippen molar-refractivity contribution in [3.63, 3.8) is 0 Å². The lowest BCUT2D eigenvalue weighted by Crippen LogP contribution is -2.06. The number of cyclic esters (lactones) is 1. The lowest BCUT2D eigenvalue weighted by molar-refractivity contribution is 0.0533. The first-order valence-corrected chi connectivity index (χ1v) is 6.92. The second-order valence-electron chi connectivity index (χ2n) is 5.34. The van der Waals surface area contributed by atoms with Crippen LogP contribution in [0, 0.1) is 0 Å². The van der Waals surface area contributed by atoms with Crippen molar-refractivity contribution in [1.29, 1.82) is 0 Å². The molecule has 0 amide bonds. The SMILES string of the molecule is CCC(CC)c1ccc(C(C)C)c2c1COC2=O. The highest BCUT2D eigenvalue weighted by Gasteiger charge is 2.29. The van der Waals surface area contributed by atoms with Crippen LogP contribution in [0.25, 0.3) is 0 Å². The van der Waals surface area contributed by atoms with Gasteiger partial charge in [-0.25, -0.2) is 4.79 Å². The van der Waals surface area contributed by atoms with Gasteiger partial charge in [-0.15, -0.1) is 0 Å². The molecular formula is C16H22O2. The number of hydrogen-bond acceptors (Lipinski definition) is 2. The molecule has 18 heavy (non-hydrogen) atoms. The minimum atomic E-state index is -0.137. The quantitative estimate of drug-likeness (QED) is 0.737. The highest BCUT2D eigenvalue weighted by atomic mass is 16.5. The Kier molecular flexibility index (Phi) is 3.74. The molecule has 0 saturated heterocycles. The summed E-state index contributed by atoms with van der Waals surface area (Å²) in [5, 5.41) is 0. The highest BCUT2D eigenvalue weighted by Crippen LogP contribution is 2.36. The summed E-state index contributed by atoms with van der Waals surface area (Å²) in [5.41, 5.74) is 4.42. The average Bonchev–Trinajstić information content (AvgIpc) is 2.73. The van der Waals surface area contributed by atoms with Crippen LogP contribution in [0.15, 0.2) is 12.1 Å². The number of carbonyl (C=O) groups excluding carboxylic acids is 1. The molecule has 2 rings (SSSR count). The van der Waals surface area contributed by atoms with Crippen molar-refractivity contribution in [2.45, 2.75) is 59.0 Å². The third-order valence-electron chi connectivity index (χ3n) is 3.98. The molecule has 1 aromatic carbocycles. The van der Waals surface area contributed by atoms with Gasteiger partial charge in [0.05, 0.1) is 5.56 Å². The summed E-state index contributed by atoms with van der Waals surface area (Å²) < 4.78 is 5.26. The molecule has 2 nitrogen and oxygen atoms in total. The summed E-state index contributed by atoms with van der Waals surface area (Å²) in [6.07, 6.45) is 2.22. The van der Waals surface area contributed by atoms with Crippen molar-refractivity contribution < 1.29 is 9.53 Å². The first kappa shape index (κ1) is 13.1. The van der Waals surface area contributed by atoms with Gasteiger partial charge >= 0.3 is 5.97 Å². The number of ether oxygens (including phenoxy) is 1. The molecule has 1 aromatic rings. The van der Waals surface area contributed by atoms with Crippen LogP contribution in [0.1, 0.15) is 79.4 Å². The van der Waals surface area contributed by atoms with E-state index in [4.69, 9.17) is 4.74 Å². The van der Waals surface area contributed by atoms with Gasteiger partial charge in [0.15, 0.2) is 0 Å². The summed E-state index contributed by atoms with van der Waals surface area (Å²) in [7, 11) is 0. The molecule has 0 aliphatic carbocycles. The lowest BCUT2D eigenvalue weighted by Gasteiger charge is -2.18. The zero-order chi connectivity index (χ0) is 13.3. The number of carbonyl (C=O) groups is 1. The van der Waals surface area contributed by atoms with Gasteiger partial charge in [-0.05, 0) is 35.8 Å². The Bertz CT molecular complexity index is 456. The smallest absolute Gasteiger partial charge is 0.339 e. The van der Waals surface area contributed by atoms with E-state index in [9.17, 15) is 4.79 Å². The molecule has 0 saturated carbocycles. The molecule has 0 radical (unpaired) electrons. The van der Waals surface area contributed by atoms with E-state index in [1.54, 1.807) is 0 Å². The summed E-state index contributed by atoms with van der Waals surface area (Å²) in [6, 6.07) is 4.32. The van der Waals surface area contributed by atoms with Crippen LogP contribution in [0.5, 0.6) is 0 Å². The van der Waals surface area contributed by atoms with E-state index in [0.717, 1.165) is 29.5 Å². The zero-order valence-corrected chi connectivity index (χ0v) is 11.7. The van der Waals surface area contributed by atoms with E-state index < -0.39 is 0 Å². The van der Waals surface area contributed by atoms with Crippen molar-refractivity contribution in [3.8, 4) is 0 Å². The van der Waals surface area contributed by atoms with Crippen LogP contribution in [-0.4, -0.2) is 5.97 Å². The normalized spacial score (nSPS) is 14.2. The Labute approximate surface area is 109 Å². The van der Waals surface area contributed by atoms with E-state index in [-0.39, 0.29) is 5.97 Å². The molecule has 0 bridgehead atoms. The Morgan fingerprint density at radius 1 is 1.17 bits per heavy atom. The molecule has 98 valence electrons. The predicted molar refractivity (Wildman–Crippen MR) is 73.0 cm³/mol. The average molecular weight is 246 g/mol. The second kappa shape index (κ2) is 5.13. The predicted octanol–water partition coefficient (Wildman–Crippen LogP) is 4.38. The highest BCUT2D eigenvalue weighted by molar-refractivity contribution is 5.95. The number of benzene rings is 1. The molecule has 0 N–H and O–H groups in total. The molecule has 0 unspecified atom stereocenters. The number of esters is 1. The molecule has 2 heteroatoms.